The molecule has 7 heteroatoms. The van der Waals surface area contributed by atoms with Gasteiger partial charge in [0, 0.05) is 23.6 Å². The zero-order valence-electron chi connectivity index (χ0n) is 14.5. The van der Waals surface area contributed by atoms with Crippen molar-refractivity contribution in [1.82, 2.24) is 4.57 Å². The number of thioether (sulfide) groups is 1. The zero-order valence-corrected chi connectivity index (χ0v) is 16.2. The highest BCUT2D eigenvalue weighted by Gasteiger charge is 2.17. The monoisotopic (exact) mass is 386 g/mol. The quantitative estimate of drug-likeness (QED) is 0.639. The lowest BCUT2D eigenvalue weighted by Crippen LogP contribution is -2.16. The highest BCUT2D eigenvalue weighted by Crippen LogP contribution is 2.36. The second-order valence-corrected chi connectivity index (χ2v) is 7.72. The van der Waals surface area contributed by atoms with Crippen molar-refractivity contribution >= 4 is 39.2 Å². The summed E-state index contributed by atoms with van der Waals surface area (Å²) in [5.74, 6) is 1.34. The molecule has 1 aliphatic rings. The molecular weight excluding hydrogens is 368 g/mol. The third kappa shape index (κ3) is 3.24. The van der Waals surface area contributed by atoms with Gasteiger partial charge in [0.2, 0.25) is 6.79 Å². The van der Waals surface area contributed by atoms with E-state index in [0.29, 0.717) is 11.2 Å². The third-order valence-corrected chi connectivity index (χ3v) is 6.01. The maximum Gasteiger partial charge on any atom is 0.252 e. The Bertz CT molecular complexity index is 1040. The number of carbonyl (C=O) groups excluding carboxylic acids is 1. The number of ether oxygens (including phenoxy) is 2. The molecule has 5 nitrogen and oxygen atoms in total. The molecule has 0 aliphatic carbocycles. The van der Waals surface area contributed by atoms with E-state index in [0.717, 1.165) is 33.8 Å². The lowest BCUT2D eigenvalue weighted by Gasteiger charge is -2.02. The third-order valence-electron chi connectivity index (χ3n) is 4.23. The Kier molecular flexibility index (Phi) is 4.74. The molecule has 0 fully saturated rings. The summed E-state index contributed by atoms with van der Waals surface area (Å²) in [6, 6.07) is 11.9. The largest absolute Gasteiger partial charge is 0.454 e. The van der Waals surface area contributed by atoms with Crippen LogP contribution in [-0.4, -0.2) is 23.5 Å². The summed E-state index contributed by atoms with van der Waals surface area (Å²) >= 11 is 3.18. The van der Waals surface area contributed by atoms with Gasteiger partial charge in [-0.1, -0.05) is 23.5 Å². The molecule has 1 aliphatic heterocycles. The van der Waals surface area contributed by atoms with Gasteiger partial charge in [0.25, 0.3) is 5.91 Å². The normalized spacial score (nSPS) is 13.5. The topological polar surface area (TPSA) is 52.8 Å². The van der Waals surface area contributed by atoms with Crippen molar-refractivity contribution in [3.05, 3.63) is 46.8 Å². The van der Waals surface area contributed by atoms with Gasteiger partial charge in [0.05, 0.1) is 16.6 Å². The summed E-state index contributed by atoms with van der Waals surface area (Å²) < 4.78 is 14.0. The van der Waals surface area contributed by atoms with Gasteiger partial charge in [-0.05, 0) is 30.9 Å². The van der Waals surface area contributed by atoms with Crippen molar-refractivity contribution in [3.8, 4) is 11.5 Å². The van der Waals surface area contributed by atoms with Gasteiger partial charge in [-0.3, -0.25) is 4.79 Å². The highest BCUT2D eigenvalue weighted by molar-refractivity contribution is 7.98. The SMILES string of the molecule is CCn1c(=NC(=O)Cc2ccc(SC)cc2)sc2cc3c(cc21)OCO3. The number of carbonyl (C=O) groups is 1. The molecule has 4 rings (SSSR count). The average Bonchev–Trinajstić information content (AvgIpc) is 3.23. The standard InChI is InChI=1S/C19H18N2O3S2/c1-3-21-14-9-15-16(24-11-23-15)10-17(14)26-19(21)20-18(22)8-12-4-6-13(25-2)7-5-12/h4-7,9-10H,3,8,11H2,1-2H3. The second-order valence-electron chi connectivity index (χ2n) is 5.83. The molecule has 3 aromatic rings. The van der Waals surface area contributed by atoms with Gasteiger partial charge in [0.1, 0.15) is 0 Å². The molecule has 134 valence electrons. The summed E-state index contributed by atoms with van der Waals surface area (Å²) in [6.45, 7) is 3.03. The van der Waals surface area contributed by atoms with Crippen LogP contribution in [0.25, 0.3) is 10.2 Å². The van der Waals surface area contributed by atoms with E-state index in [1.807, 2.05) is 54.1 Å². The van der Waals surface area contributed by atoms with Crippen molar-refractivity contribution < 1.29 is 14.3 Å². The summed E-state index contributed by atoms with van der Waals surface area (Å²) in [5.41, 5.74) is 1.99. The van der Waals surface area contributed by atoms with Crippen LogP contribution in [0.3, 0.4) is 0 Å². The van der Waals surface area contributed by atoms with Crippen molar-refractivity contribution in [3.63, 3.8) is 0 Å². The molecular formula is C19H18N2O3S2. The molecule has 1 amide bonds. The Morgan fingerprint density at radius 1 is 1.23 bits per heavy atom. The number of fused-ring (bicyclic) bond motifs is 2. The number of hydrogen-bond donors (Lipinski definition) is 0. The van der Waals surface area contributed by atoms with Crippen LogP contribution in [0.4, 0.5) is 0 Å². The van der Waals surface area contributed by atoms with Crippen molar-refractivity contribution in [2.45, 2.75) is 24.8 Å². The van der Waals surface area contributed by atoms with Crippen LogP contribution < -0.4 is 14.3 Å². The lowest BCUT2D eigenvalue weighted by atomic mass is 10.1. The van der Waals surface area contributed by atoms with Gasteiger partial charge in [-0.2, -0.15) is 4.99 Å². The summed E-state index contributed by atoms with van der Waals surface area (Å²) in [4.78, 5) is 18.7. The first-order chi connectivity index (χ1) is 12.7. The number of thiazole rings is 1. The van der Waals surface area contributed by atoms with E-state index in [1.54, 1.807) is 11.8 Å². The predicted octanol–water partition coefficient (Wildman–Crippen LogP) is 3.84. The van der Waals surface area contributed by atoms with Gasteiger partial charge in [-0.25, -0.2) is 0 Å². The van der Waals surface area contributed by atoms with Crippen LogP contribution in [0, 0.1) is 0 Å². The summed E-state index contributed by atoms with van der Waals surface area (Å²) in [7, 11) is 0. The molecule has 26 heavy (non-hydrogen) atoms. The van der Waals surface area contributed by atoms with Crippen molar-refractivity contribution in [2.75, 3.05) is 13.0 Å². The van der Waals surface area contributed by atoms with Crippen LogP contribution in [0.1, 0.15) is 12.5 Å². The van der Waals surface area contributed by atoms with Gasteiger partial charge in [-0.15, -0.1) is 11.8 Å². The Morgan fingerprint density at radius 2 is 1.96 bits per heavy atom. The Morgan fingerprint density at radius 3 is 2.65 bits per heavy atom. The van der Waals surface area contributed by atoms with E-state index in [9.17, 15) is 4.79 Å². The number of hydrogen-bond acceptors (Lipinski definition) is 5. The van der Waals surface area contributed by atoms with E-state index in [2.05, 4.69) is 4.99 Å². The molecule has 0 bridgehead atoms. The van der Waals surface area contributed by atoms with Gasteiger partial charge < -0.3 is 14.0 Å². The minimum Gasteiger partial charge on any atom is -0.454 e. The minimum atomic E-state index is -0.143. The highest BCUT2D eigenvalue weighted by atomic mass is 32.2. The average molecular weight is 386 g/mol. The van der Waals surface area contributed by atoms with E-state index >= 15 is 0 Å². The molecule has 2 heterocycles. The van der Waals surface area contributed by atoms with E-state index in [4.69, 9.17) is 9.47 Å². The molecule has 0 radical (unpaired) electrons. The molecule has 0 saturated heterocycles. The van der Waals surface area contributed by atoms with Gasteiger partial charge in [0.15, 0.2) is 16.3 Å². The fraction of sp³-hybridized carbons (Fsp3) is 0.263. The smallest absolute Gasteiger partial charge is 0.252 e. The maximum atomic E-state index is 12.5. The first-order valence-electron chi connectivity index (χ1n) is 8.31. The van der Waals surface area contributed by atoms with Crippen LogP contribution in [-0.2, 0) is 17.8 Å². The van der Waals surface area contributed by atoms with Crippen LogP contribution >= 0.6 is 23.1 Å². The number of benzene rings is 2. The number of nitrogens with zero attached hydrogens (tertiary/aromatic N) is 2. The molecule has 0 N–H and O–H groups in total. The summed E-state index contributed by atoms with van der Waals surface area (Å²) in [6.07, 6.45) is 2.34. The number of amides is 1. The Labute approximate surface area is 159 Å². The Balaban J connectivity index is 1.67. The predicted molar refractivity (Wildman–Crippen MR) is 104 cm³/mol. The second kappa shape index (κ2) is 7.17. The fourth-order valence-corrected chi connectivity index (χ4v) is 4.44. The lowest BCUT2D eigenvalue weighted by molar-refractivity contribution is -0.117. The molecule has 2 aromatic carbocycles. The zero-order chi connectivity index (χ0) is 18.1. The fourth-order valence-electron chi connectivity index (χ4n) is 2.91. The van der Waals surface area contributed by atoms with Gasteiger partial charge >= 0.3 is 0 Å². The molecule has 0 saturated carbocycles. The minimum absolute atomic E-state index is 0.143. The molecule has 0 atom stereocenters. The molecule has 1 aromatic heterocycles. The van der Waals surface area contributed by atoms with E-state index < -0.39 is 0 Å². The molecule has 0 spiro atoms. The number of aryl methyl sites for hydroxylation is 1. The van der Waals surface area contributed by atoms with Crippen LogP contribution in [0.2, 0.25) is 0 Å². The maximum absolute atomic E-state index is 12.5. The van der Waals surface area contributed by atoms with Crippen molar-refractivity contribution in [1.29, 1.82) is 0 Å². The summed E-state index contributed by atoms with van der Waals surface area (Å²) in [5, 5.41) is 0. The van der Waals surface area contributed by atoms with E-state index in [-0.39, 0.29) is 12.7 Å². The molecule has 0 unspecified atom stereocenters. The number of rotatable bonds is 4. The first-order valence-corrected chi connectivity index (χ1v) is 10.4. The van der Waals surface area contributed by atoms with Crippen LogP contribution in [0.5, 0.6) is 11.5 Å². The Hall–Kier alpha value is -2.25. The van der Waals surface area contributed by atoms with E-state index in [1.165, 1.54) is 16.2 Å². The van der Waals surface area contributed by atoms with Crippen LogP contribution in [0.15, 0.2) is 46.3 Å². The number of aromatic nitrogens is 1. The van der Waals surface area contributed by atoms with Crippen molar-refractivity contribution in [2.24, 2.45) is 4.99 Å². The first kappa shape index (κ1) is 17.2.